The van der Waals surface area contributed by atoms with Crippen LogP contribution in [0.4, 0.5) is 0 Å². The smallest absolute Gasteiger partial charge is 0.122 e. The molecule has 104 valence electrons. The normalized spacial score (nSPS) is 12.4. The number of nitrogens with one attached hydrogen (secondary N) is 1. The van der Waals surface area contributed by atoms with Gasteiger partial charge in [0.2, 0.25) is 0 Å². The molecule has 5 heteroatoms. The first-order valence-corrected chi connectivity index (χ1v) is 7.18. The Labute approximate surface area is 125 Å². The number of hydrogen-bond donors (Lipinski definition) is 1. The molecule has 0 fully saturated rings. The summed E-state index contributed by atoms with van der Waals surface area (Å²) in [4.78, 5) is 2.30. The van der Waals surface area contributed by atoms with Crippen molar-refractivity contribution in [2.45, 2.75) is 19.9 Å². The number of nitriles is 1. The Morgan fingerprint density at radius 2 is 2.00 bits per heavy atom. The fraction of sp³-hybridized carbons (Fsp3) is 0.500. The van der Waals surface area contributed by atoms with E-state index in [1.807, 2.05) is 0 Å². The number of nitrogens with zero attached hydrogens (tertiary/aromatic N) is 2. The maximum absolute atomic E-state index is 9.24. The van der Waals surface area contributed by atoms with E-state index >= 15 is 0 Å². The average molecular weight is 300 g/mol. The van der Waals surface area contributed by atoms with Crippen LogP contribution in [0.1, 0.15) is 25.5 Å². The molecule has 1 rings (SSSR count). The van der Waals surface area contributed by atoms with E-state index in [1.54, 1.807) is 18.2 Å². The molecule has 1 atom stereocenters. The highest BCUT2D eigenvalue weighted by Gasteiger charge is 2.13. The molecule has 0 saturated carbocycles. The molecule has 0 amide bonds. The van der Waals surface area contributed by atoms with Crippen LogP contribution in [0.25, 0.3) is 0 Å². The second-order valence-corrected chi connectivity index (χ2v) is 5.05. The van der Waals surface area contributed by atoms with Crippen LogP contribution in [0.2, 0.25) is 10.0 Å². The second kappa shape index (κ2) is 8.39. The number of likely N-dealkylation sites (N-methyl/N-ethyl adjacent to an activating group) is 1. The zero-order chi connectivity index (χ0) is 14.3. The molecule has 0 aromatic heterocycles. The lowest BCUT2D eigenvalue weighted by Crippen LogP contribution is -2.33. The van der Waals surface area contributed by atoms with Crippen molar-refractivity contribution in [3.05, 3.63) is 33.8 Å². The number of hydrogen-bond acceptors (Lipinski definition) is 3. The zero-order valence-electron chi connectivity index (χ0n) is 11.3. The molecule has 0 bridgehead atoms. The summed E-state index contributed by atoms with van der Waals surface area (Å²) in [6.45, 7) is 7.94. The quantitative estimate of drug-likeness (QED) is 0.838. The summed E-state index contributed by atoms with van der Waals surface area (Å²) < 4.78 is 0. The summed E-state index contributed by atoms with van der Waals surface area (Å²) in [6, 6.07) is 7.03. The zero-order valence-corrected chi connectivity index (χ0v) is 12.8. The number of benzene rings is 1. The Hall–Kier alpha value is -0.790. The van der Waals surface area contributed by atoms with Gasteiger partial charge in [-0.25, -0.2) is 0 Å². The van der Waals surface area contributed by atoms with Gasteiger partial charge in [0.05, 0.1) is 6.07 Å². The van der Waals surface area contributed by atoms with Crippen LogP contribution in [0.5, 0.6) is 0 Å². The first-order chi connectivity index (χ1) is 9.12. The van der Waals surface area contributed by atoms with Gasteiger partial charge in [-0.3, -0.25) is 5.32 Å². The van der Waals surface area contributed by atoms with Crippen molar-refractivity contribution < 1.29 is 0 Å². The predicted molar refractivity (Wildman–Crippen MR) is 80.6 cm³/mol. The predicted octanol–water partition coefficient (Wildman–Crippen LogP) is 3.49. The third kappa shape index (κ3) is 5.00. The van der Waals surface area contributed by atoms with Crippen molar-refractivity contribution >= 4 is 23.2 Å². The van der Waals surface area contributed by atoms with Gasteiger partial charge >= 0.3 is 0 Å². The summed E-state index contributed by atoms with van der Waals surface area (Å²) >= 11 is 12.0. The monoisotopic (exact) mass is 299 g/mol. The molecule has 1 aromatic rings. The van der Waals surface area contributed by atoms with E-state index in [-0.39, 0.29) is 0 Å². The number of halogens is 2. The van der Waals surface area contributed by atoms with Crippen LogP contribution in [0.3, 0.4) is 0 Å². The van der Waals surface area contributed by atoms with Crippen LogP contribution in [-0.2, 0) is 0 Å². The molecule has 1 N–H and O–H groups in total. The first-order valence-electron chi connectivity index (χ1n) is 6.42. The Bertz CT molecular complexity index is 439. The summed E-state index contributed by atoms with van der Waals surface area (Å²) in [5, 5.41) is 13.5. The van der Waals surface area contributed by atoms with Crippen molar-refractivity contribution in [3.63, 3.8) is 0 Å². The van der Waals surface area contributed by atoms with Crippen molar-refractivity contribution in [1.82, 2.24) is 10.2 Å². The Kier molecular flexibility index (Phi) is 7.19. The lowest BCUT2D eigenvalue weighted by Gasteiger charge is -2.20. The summed E-state index contributed by atoms with van der Waals surface area (Å²) in [5.74, 6) is 0. The molecule has 0 spiro atoms. The first kappa shape index (κ1) is 16.3. The molecule has 0 heterocycles. The van der Waals surface area contributed by atoms with Crippen molar-refractivity contribution in [3.8, 4) is 6.07 Å². The lowest BCUT2D eigenvalue weighted by molar-refractivity contribution is 0.300. The molecule has 0 radical (unpaired) electrons. The highest BCUT2D eigenvalue weighted by atomic mass is 35.5. The largest absolute Gasteiger partial charge is 0.303 e. The topological polar surface area (TPSA) is 39.1 Å². The van der Waals surface area contributed by atoms with Crippen LogP contribution in [0, 0.1) is 11.3 Å². The van der Waals surface area contributed by atoms with E-state index in [9.17, 15) is 5.26 Å². The highest BCUT2D eigenvalue weighted by molar-refractivity contribution is 6.35. The van der Waals surface area contributed by atoms with E-state index in [4.69, 9.17) is 23.2 Å². The molecule has 0 saturated heterocycles. The summed E-state index contributed by atoms with van der Waals surface area (Å²) in [6.07, 6.45) is 0. The Balaban J connectivity index is 2.61. The standard InChI is InChI=1S/C14H19Cl2N3/c1-3-19(4-2)8-7-18-14(10-17)12-6-5-11(15)9-13(12)16/h5-6,9,14,18H,3-4,7-8H2,1-2H3. The third-order valence-corrected chi connectivity index (χ3v) is 3.64. The molecule has 1 aromatic carbocycles. The van der Waals surface area contributed by atoms with Crippen molar-refractivity contribution in [2.24, 2.45) is 0 Å². The van der Waals surface area contributed by atoms with E-state index in [1.165, 1.54) is 0 Å². The van der Waals surface area contributed by atoms with Gasteiger partial charge in [0, 0.05) is 28.7 Å². The van der Waals surface area contributed by atoms with Gasteiger partial charge in [-0.2, -0.15) is 5.26 Å². The number of rotatable bonds is 7. The molecule has 0 aliphatic carbocycles. The van der Waals surface area contributed by atoms with E-state index in [0.717, 1.165) is 31.7 Å². The van der Waals surface area contributed by atoms with Gasteiger partial charge in [0.1, 0.15) is 6.04 Å². The van der Waals surface area contributed by atoms with Crippen molar-refractivity contribution in [2.75, 3.05) is 26.2 Å². The van der Waals surface area contributed by atoms with Crippen LogP contribution < -0.4 is 5.32 Å². The molecular weight excluding hydrogens is 281 g/mol. The van der Waals surface area contributed by atoms with Gasteiger partial charge in [-0.05, 0) is 25.2 Å². The van der Waals surface area contributed by atoms with Gasteiger partial charge in [-0.1, -0.05) is 43.1 Å². The minimum atomic E-state index is -0.402. The fourth-order valence-corrected chi connectivity index (χ4v) is 2.39. The SMILES string of the molecule is CCN(CC)CCNC(C#N)c1ccc(Cl)cc1Cl. The highest BCUT2D eigenvalue weighted by Crippen LogP contribution is 2.25. The van der Waals surface area contributed by atoms with E-state index in [0.29, 0.717) is 10.0 Å². The Morgan fingerprint density at radius 3 is 2.53 bits per heavy atom. The van der Waals surface area contributed by atoms with Gasteiger partial charge < -0.3 is 4.90 Å². The van der Waals surface area contributed by atoms with Gasteiger partial charge in [0.15, 0.2) is 0 Å². The third-order valence-electron chi connectivity index (χ3n) is 3.07. The maximum atomic E-state index is 9.24. The van der Waals surface area contributed by atoms with Crippen LogP contribution in [-0.4, -0.2) is 31.1 Å². The molecular formula is C14H19Cl2N3. The summed E-state index contributed by atoms with van der Waals surface area (Å²) in [5.41, 5.74) is 0.771. The minimum absolute atomic E-state index is 0.402. The fourth-order valence-electron chi connectivity index (χ4n) is 1.87. The molecule has 0 aliphatic rings. The van der Waals surface area contributed by atoms with Gasteiger partial charge in [0.25, 0.3) is 0 Å². The van der Waals surface area contributed by atoms with Crippen LogP contribution in [0.15, 0.2) is 18.2 Å². The van der Waals surface area contributed by atoms with E-state index < -0.39 is 6.04 Å². The molecule has 3 nitrogen and oxygen atoms in total. The second-order valence-electron chi connectivity index (χ2n) is 4.21. The lowest BCUT2D eigenvalue weighted by atomic mass is 10.1. The van der Waals surface area contributed by atoms with Gasteiger partial charge in [-0.15, -0.1) is 0 Å². The molecule has 1 unspecified atom stereocenters. The molecule has 19 heavy (non-hydrogen) atoms. The van der Waals surface area contributed by atoms with Crippen molar-refractivity contribution in [1.29, 1.82) is 5.26 Å². The molecule has 0 aliphatic heterocycles. The minimum Gasteiger partial charge on any atom is -0.303 e. The van der Waals surface area contributed by atoms with Crippen LogP contribution >= 0.6 is 23.2 Å². The maximum Gasteiger partial charge on any atom is 0.122 e. The summed E-state index contributed by atoms with van der Waals surface area (Å²) in [7, 11) is 0. The average Bonchev–Trinajstić information content (AvgIpc) is 2.40. The van der Waals surface area contributed by atoms with E-state index in [2.05, 4.69) is 30.1 Å². The Morgan fingerprint density at radius 1 is 1.32 bits per heavy atom.